The molecule has 0 aromatic rings. The Morgan fingerprint density at radius 1 is 0.410 bits per heavy atom. The molecule has 39 heavy (non-hydrogen) atoms. The molecule has 0 amide bonds. The standard InChI is InChI=1S/C38H77N/c1-5-8-10-12-14-16-18-20-22-23-25-27-29-31-33-35-37(4)39-38(7-3)36-34-32-30-28-26-24-21-19-17-15-13-11-9-6-2/h38-39H,4-36H2,1-3H3/t38-/m0/s1. The molecule has 1 atom stereocenters. The van der Waals surface area contributed by atoms with Gasteiger partial charge in [0.2, 0.25) is 0 Å². The molecule has 234 valence electrons. The molecular formula is C38H77N. The summed E-state index contributed by atoms with van der Waals surface area (Å²) in [4.78, 5) is 0. The first-order valence-corrected chi connectivity index (χ1v) is 18.7. The van der Waals surface area contributed by atoms with E-state index in [9.17, 15) is 0 Å². The van der Waals surface area contributed by atoms with Crippen molar-refractivity contribution in [1.29, 1.82) is 0 Å². The lowest BCUT2D eigenvalue weighted by molar-refractivity contribution is 0.462. The smallest absolute Gasteiger partial charge is 0.0255 e. The van der Waals surface area contributed by atoms with Crippen LogP contribution in [0.1, 0.15) is 226 Å². The van der Waals surface area contributed by atoms with Crippen LogP contribution in [-0.2, 0) is 0 Å². The zero-order valence-electron chi connectivity index (χ0n) is 27.9. The Labute approximate surface area is 249 Å². The predicted molar refractivity (Wildman–Crippen MR) is 181 cm³/mol. The van der Waals surface area contributed by atoms with Crippen molar-refractivity contribution in [3.63, 3.8) is 0 Å². The van der Waals surface area contributed by atoms with Crippen LogP contribution in [0.5, 0.6) is 0 Å². The van der Waals surface area contributed by atoms with Gasteiger partial charge in [-0.1, -0.05) is 207 Å². The average Bonchev–Trinajstić information content (AvgIpc) is 2.94. The second-order valence-electron chi connectivity index (χ2n) is 12.9. The Kier molecular flexibility index (Phi) is 33.3. The second kappa shape index (κ2) is 33.7. The third-order valence-corrected chi connectivity index (χ3v) is 8.89. The van der Waals surface area contributed by atoms with Gasteiger partial charge in [-0.25, -0.2) is 0 Å². The van der Waals surface area contributed by atoms with Gasteiger partial charge in [0.05, 0.1) is 0 Å². The van der Waals surface area contributed by atoms with E-state index < -0.39 is 0 Å². The molecule has 0 aromatic carbocycles. The molecule has 0 heterocycles. The molecule has 0 aliphatic heterocycles. The molecule has 0 bridgehead atoms. The molecule has 1 nitrogen and oxygen atoms in total. The molecule has 0 aromatic heterocycles. The molecule has 1 heteroatoms. The minimum Gasteiger partial charge on any atom is -0.386 e. The topological polar surface area (TPSA) is 12.0 Å². The fourth-order valence-electron chi connectivity index (χ4n) is 6.03. The number of rotatable bonds is 34. The van der Waals surface area contributed by atoms with Gasteiger partial charge in [0.25, 0.3) is 0 Å². The van der Waals surface area contributed by atoms with Gasteiger partial charge in [0, 0.05) is 11.7 Å². The molecule has 0 saturated heterocycles. The van der Waals surface area contributed by atoms with Gasteiger partial charge in [0.15, 0.2) is 0 Å². The molecule has 0 rings (SSSR count). The maximum Gasteiger partial charge on any atom is 0.0255 e. The third-order valence-electron chi connectivity index (χ3n) is 8.89. The number of allylic oxidation sites excluding steroid dienone is 1. The highest BCUT2D eigenvalue weighted by molar-refractivity contribution is 4.93. The fraction of sp³-hybridized carbons (Fsp3) is 0.947. The van der Waals surface area contributed by atoms with E-state index in [-0.39, 0.29) is 0 Å². The molecule has 1 N–H and O–H groups in total. The Morgan fingerprint density at radius 3 is 1.00 bits per heavy atom. The van der Waals surface area contributed by atoms with Gasteiger partial charge < -0.3 is 5.32 Å². The van der Waals surface area contributed by atoms with Crippen LogP contribution in [0.2, 0.25) is 0 Å². The van der Waals surface area contributed by atoms with Gasteiger partial charge in [-0.15, -0.1) is 0 Å². The quantitative estimate of drug-likeness (QED) is 0.0790. The first kappa shape index (κ1) is 38.5. The summed E-state index contributed by atoms with van der Waals surface area (Å²) in [6.07, 6.45) is 45.5. The minimum atomic E-state index is 0.645. The monoisotopic (exact) mass is 548 g/mol. The van der Waals surface area contributed by atoms with Gasteiger partial charge >= 0.3 is 0 Å². The summed E-state index contributed by atoms with van der Waals surface area (Å²) in [5, 5.41) is 3.77. The van der Waals surface area contributed by atoms with Crippen LogP contribution >= 0.6 is 0 Å². The molecule has 0 aliphatic rings. The summed E-state index contributed by atoms with van der Waals surface area (Å²) in [5.41, 5.74) is 1.29. The Morgan fingerprint density at radius 2 is 0.692 bits per heavy atom. The second-order valence-corrected chi connectivity index (χ2v) is 12.9. The molecule has 0 spiro atoms. The summed E-state index contributed by atoms with van der Waals surface area (Å²) in [6, 6.07) is 0.645. The molecule has 0 aliphatic carbocycles. The molecular weight excluding hydrogens is 470 g/mol. The van der Waals surface area contributed by atoms with Gasteiger partial charge in [-0.05, 0) is 25.7 Å². The van der Waals surface area contributed by atoms with E-state index >= 15 is 0 Å². The minimum absolute atomic E-state index is 0.645. The van der Waals surface area contributed by atoms with Crippen molar-refractivity contribution in [3.05, 3.63) is 12.3 Å². The fourth-order valence-corrected chi connectivity index (χ4v) is 6.03. The maximum absolute atomic E-state index is 4.35. The average molecular weight is 548 g/mol. The summed E-state index contributed by atoms with van der Waals surface area (Å²) < 4.78 is 0. The first-order chi connectivity index (χ1) is 19.2. The Bertz CT molecular complexity index is 456. The Balaban J connectivity index is 3.39. The lowest BCUT2D eigenvalue weighted by Crippen LogP contribution is -2.27. The SMILES string of the molecule is C=C(CCCCCCCCCCCCCCCCC)N[C@@H](CC)CCCCCCCCCCCCCCCC. The van der Waals surface area contributed by atoms with Crippen LogP contribution in [0.4, 0.5) is 0 Å². The van der Waals surface area contributed by atoms with Crippen molar-refractivity contribution in [2.45, 2.75) is 232 Å². The zero-order chi connectivity index (χ0) is 28.5. The highest BCUT2D eigenvalue weighted by Gasteiger charge is 2.06. The number of hydrogen-bond acceptors (Lipinski definition) is 1. The summed E-state index contributed by atoms with van der Waals surface area (Å²) in [6.45, 7) is 11.3. The Hall–Kier alpha value is -0.460. The van der Waals surface area contributed by atoms with Crippen molar-refractivity contribution in [1.82, 2.24) is 5.32 Å². The summed E-state index contributed by atoms with van der Waals surface area (Å²) in [5.74, 6) is 0. The van der Waals surface area contributed by atoms with Crippen LogP contribution < -0.4 is 5.32 Å². The summed E-state index contributed by atoms with van der Waals surface area (Å²) in [7, 11) is 0. The number of unbranched alkanes of at least 4 members (excludes halogenated alkanes) is 27. The lowest BCUT2D eigenvalue weighted by Gasteiger charge is -2.20. The van der Waals surface area contributed by atoms with Crippen molar-refractivity contribution < 1.29 is 0 Å². The zero-order valence-corrected chi connectivity index (χ0v) is 27.9. The van der Waals surface area contributed by atoms with Crippen LogP contribution in [-0.4, -0.2) is 6.04 Å². The van der Waals surface area contributed by atoms with Crippen molar-refractivity contribution in [2.24, 2.45) is 0 Å². The number of nitrogens with one attached hydrogen (secondary N) is 1. The van der Waals surface area contributed by atoms with Crippen molar-refractivity contribution in [3.8, 4) is 0 Å². The summed E-state index contributed by atoms with van der Waals surface area (Å²) >= 11 is 0. The number of hydrogen-bond donors (Lipinski definition) is 1. The largest absolute Gasteiger partial charge is 0.386 e. The van der Waals surface area contributed by atoms with Crippen LogP contribution in [0, 0.1) is 0 Å². The van der Waals surface area contributed by atoms with E-state index in [0.717, 1.165) is 0 Å². The van der Waals surface area contributed by atoms with E-state index in [1.807, 2.05) is 0 Å². The predicted octanol–water partition coefficient (Wildman–Crippen LogP) is 14.0. The van der Waals surface area contributed by atoms with E-state index in [1.54, 1.807) is 0 Å². The maximum atomic E-state index is 4.35. The van der Waals surface area contributed by atoms with Crippen molar-refractivity contribution in [2.75, 3.05) is 0 Å². The molecule has 0 radical (unpaired) electrons. The van der Waals surface area contributed by atoms with Crippen LogP contribution in [0.3, 0.4) is 0 Å². The van der Waals surface area contributed by atoms with Gasteiger partial charge in [0.1, 0.15) is 0 Å². The van der Waals surface area contributed by atoms with Crippen LogP contribution in [0.25, 0.3) is 0 Å². The normalized spacial score (nSPS) is 12.2. The highest BCUT2D eigenvalue weighted by Crippen LogP contribution is 2.17. The molecule has 0 saturated carbocycles. The van der Waals surface area contributed by atoms with Crippen molar-refractivity contribution >= 4 is 0 Å². The third kappa shape index (κ3) is 31.9. The highest BCUT2D eigenvalue weighted by atomic mass is 14.9. The van der Waals surface area contributed by atoms with E-state index in [2.05, 4.69) is 32.7 Å². The van der Waals surface area contributed by atoms with Gasteiger partial charge in [-0.3, -0.25) is 0 Å². The van der Waals surface area contributed by atoms with E-state index in [0.29, 0.717) is 6.04 Å². The van der Waals surface area contributed by atoms with E-state index in [4.69, 9.17) is 0 Å². The van der Waals surface area contributed by atoms with E-state index in [1.165, 1.54) is 211 Å². The molecule has 0 fully saturated rings. The van der Waals surface area contributed by atoms with Crippen LogP contribution in [0.15, 0.2) is 12.3 Å². The molecule has 0 unspecified atom stereocenters. The lowest BCUT2D eigenvalue weighted by atomic mass is 10.0. The van der Waals surface area contributed by atoms with Gasteiger partial charge in [-0.2, -0.15) is 0 Å². The first-order valence-electron chi connectivity index (χ1n) is 18.7.